The summed E-state index contributed by atoms with van der Waals surface area (Å²) in [5.41, 5.74) is 0. The second-order valence-electron chi connectivity index (χ2n) is 5.66. The van der Waals surface area contributed by atoms with Gasteiger partial charge in [-0.05, 0) is 6.92 Å². The Bertz CT molecular complexity index is 355. The van der Waals surface area contributed by atoms with Crippen molar-refractivity contribution in [2.75, 3.05) is 46.4 Å². The number of halogens is 2. The summed E-state index contributed by atoms with van der Waals surface area (Å²) in [7, 11) is 1.66. The summed E-state index contributed by atoms with van der Waals surface area (Å²) in [5.74, 6) is -2.95. The quantitative estimate of drug-likeness (QED) is 0.801. The van der Waals surface area contributed by atoms with E-state index in [1.54, 1.807) is 12.0 Å². The minimum absolute atomic E-state index is 0.194. The molecule has 0 saturated carbocycles. The molecule has 5 nitrogen and oxygen atoms in total. The zero-order chi connectivity index (χ0) is 14.8. The SMILES string of the molecule is COCCN1CCN(C(=O)C2CC(F)(F)CN2)CC1C. The van der Waals surface area contributed by atoms with Crippen LogP contribution in [0.2, 0.25) is 0 Å². The summed E-state index contributed by atoms with van der Waals surface area (Å²) in [5, 5.41) is 2.63. The van der Waals surface area contributed by atoms with Crippen molar-refractivity contribution in [3.8, 4) is 0 Å². The van der Waals surface area contributed by atoms with Gasteiger partial charge in [-0.3, -0.25) is 15.0 Å². The number of rotatable bonds is 4. The first-order chi connectivity index (χ1) is 9.43. The zero-order valence-electron chi connectivity index (χ0n) is 12.1. The maximum Gasteiger partial charge on any atom is 0.262 e. The second kappa shape index (κ2) is 6.32. The van der Waals surface area contributed by atoms with Gasteiger partial charge in [0.15, 0.2) is 0 Å². The van der Waals surface area contributed by atoms with Crippen molar-refractivity contribution < 1.29 is 18.3 Å². The standard InChI is InChI=1S/C13H23F2N3O2/c1-10-8-18(4-3-17(10)5-6-20-2)12(19)11-7-13(14,15)9-16-11/h10-11,16H,3-9H2,1-2H3. The highest BCUT2D eigenvalue weighted by molar-refractivity contribution is 5.82. The number of nitrogens with zero attached hydrogens (tertiary/aromatic N) is 2. The Balaban J connectivity index is 1.84. The highest BCUT2D eigenvalue weighted by Gasteiger charge is 2.44. The van der Waals surface area contributed by atoms with Crippen LogP contribution < -0.4 is 5.32 Å². The summed E-state index contributed by atoms with van der Waals surface area (Å²) >= 11 is 0. The molecule has 116 valence electrons. The van der Waals surface area contributed by atoms with E-state index in [9.17, 15) is 13.6 Å². The van der Waals surface area contributed by atoms with Crippen LogP contribution in [0.25, 0.3) is 0 Å². The van der Waals surface area contributed by atoms with Crippen molar-refractivity contribution in [1.82, 2.24) is 15.1 Å². The molecule has 0 aromatic carbocycles. The first-order valence-corrected chi connectivity index (χ1v) is 7.06. The molecule has 0 aromatic rings. The molecule has 2 rings (SSSR count). The van der Waals surface area contributed by atoms with E-state index in [2.05, 4.69) is 10.2 Å². The van der Waals surface area contributed by atoms with Gasteiger partial charge in [-0.25, -0.2) is 8.78 Å². The molecule has 20 heavy (non-hydrogen) atoms. The molecular formula is C13H23F2N3O2. The Morgan fingerprint density at radius 3 is 2.75 bits per heavy atom. The molecule has 2 aliphatic heterocycles. The second-order valence-corrected chi connectivity index (χ2v) is 5.66. The molecule has 0 aromatic heterocycles. The smallest absolute Gasteiger partial charge is 0.262 e. The van der Waals surface area contributed by atoms with Crippen LogP contribution in [0.3, 0.4) is 0 Å². The fourth-order valence-corrected chi connectivity index (χ4v) is 2.85. The number of ether oxygens (including phenoxy) is 1. The van der Waals surface area contributed by atoms with Crippen molar-refractivity contribution in [3.63, 3.8) is 0 Å². The Labute approximate surface area is 118 Å². The summed E-state index contributed by atoms with van der Waals surface area (Å²) in [6.45, 7) is 5.09. The summed E-state index contributed by atoms with van der Waals surface area (Å²) in [4.78, 5) is 16.2. The van der Waals surface area contributed by atoms with Crippen LogP contribution in [0.5, 0.6) is 0 Å². The summed E-state index contributed by atoms with van der Waals surface area (Å²) in [6, 6.07) is -0.507. The van der Waals surface area contributed by atoms with Crippen LogP contribution in [0.15, 0.2) is 0 Å². The third-order valence-electron chi connectivity index (χ3n) is 4.07. The first kappa shape index (κ1) is 15.6. The van der Waals surface area contributed by atoms with E-state index >= 15 is 0 Å². The predicted octanol–water partition coefficient (Wildman–Crippen LogP) is 0.163. The number of hydrogen-bond acceptors (Lipinski definition) is 4. The van der Waals surface area contributed by atoms with E-state index in [4.69, 9.17) is 4.74 Å². The zero-order valence-corrected chi connectivity index (χ0v) is 12.1. The minimum Gasteiger partial charge on any atom is -0.383 e. The van der Waals surface area contributed by atoms with Gasteiger partial charge in [0, 0.05) is 45.8 Å². The third kappa shape index (κ3) is 3.65. The highest BCUT2D eigenvalue weighted by atomic mass is 19.3. The monoisotopic (exact) mass is 291 g/mol. The number of carbonyl (C=O) groups is 1. The maximum atomic E-state index is 13.1. The lowest BCUT2D eigenvalue weighted by Gasteiger charge is -2.40. The number of methoxy groups -OCH3 is 1. The average molecular weight is 291 g/mol. The molecule has 0 spiro atoms. The molecule has 2 unspecified atom stereocenters. The van der Waals surface area contributed by atoms with E-state index in [0.29, 0.717) is 19.7 Å². The molecule has 2 fully saturated rings. The van der Waals surface area contributed by atoms with Crippen LogP contribution in [-0.2, 0) is 9.53 Å². The Hall–Kier alpha value is -0.790. The largest absolute Gasteiger partial charge is 0.383 e. The number of carbonyl (C=O) groups excluding carboxylic acids is 1. The van der Waals surface area contributed by atoms with Gasteiger partial charge in [-0.2, -0.15) is 0 Å². The van der Waals surface area contributed by atoms with Crippen molar-refractivity contribution >= 4 is 5.91 Å². The molecule has 1 N–H and O–H groups in total. The fraction of sp³-hybridized carbons (Fsp3) is 0.923. The Morgan fingerprint density at radius 1 is 1.45 bits per heavy atom. The number of hydrogen-bond donors (Lipinski definition) is 1. The van der Waals surface area contributed by atoms with E-state index in [1.807, 2.05) is 6.92 Å². The highest BCUT2D eigenvalue weighted by Crippen LogP contribution is 2.26. The number of alkyl halides is 2. The lowest BCUT2D eigenvalue weighted by Crippen LogP contribution is -2.57. The van der Waals surface area contributed by atoms with Crippen molar-refractivity contribution in [2.24, 2.45) is 0 Å². The van der Waals surface area contributed by atoms with Gasteiger partial charge < -0.3 is 9.64 Å². The summed E-state index contributed by atoms with van der Waals surface area (Å²) in [6.07, 6.45) is -0.385. The molecule has 0 aliphatic carbocycles. The van der Waals surface area contributed by atoms with Gasteiger partial charge in [-0.1, -0.05) is 0 Å². The summed E-state index contributed by atoms with van der Waals surface area (Å²) < 4.78 is 31.3. The van der Waals surface area contributed by atoms with E-state index in [-0.39, 0.29) is 18.4 Å². The Kier molecular flexibility index (Phi) is 4.93. The lowest BCUT2D eigenvalue weighted by molar-refractivity contribution is -0.136. The molecule has 0 bridgehead atoms. The maximum absolute atomic E-state index is 13.1. The Morgan fingerprint density at radius 2 is 2.20 bits per heavy atom. The fourth-order valence-electron chi connectivity index (χ4n) is 2.85. The molecule has 2 aliphatic rings. The molecule has 0 radical (unpaired) electrons. The van der Waals surface area contributed by atoms with Crippen LogP contribution in [0.4, 0.5) is 8.78 Å². The van der Waals surface area contributed by atoms with Crippen molar-refractivity contribution in [1.29, 1.82) is 0 Å². The van der Waals surface area contributed by atoms with Gasteiger partial charge in [0.2, 0.25) is 5.91 Å². The van der Waals surface area contributed by atoms with Crippen molar-refractivity contribution in [2.45, 2.75) is 31.4 Å². The molecule has 2 saturated heterocycles. The van der Waals surface area contributed by atoms with Gasteiger partial charge in [-0.15, -0.1) is 0 Å². The first-order valence-electron chi connectivity index (χ1n) is 7.06. The number of piperazine rings is 1. The van der Waals surface area contributed by atoms with Crippen LogP contribution in [-0.4, -0.2) is 80.2 Å². The van der Waals surface area contributed by atoms with E-state index in [0.717, 1.165) is 13.1 Å². The number of nitrogens with one attached hydrogen (secondary N) is 1. The normalized spacial score (nSPS) is 30.7. The van der Waals surface area contributed by atoms with Crippen LogP contribution in [0.1, 0.15) is 13.3 Å². The van der Waals surface area contributed by atoms with Crippen molar-refractivity contribution in [3.05, 3.63) is 0 Å². The third-order valence-corrected chi connectivity index (χ3v) is 4.07. The predicted molar refractivity (Wildman–Crippen MR) is 70.8 cm³/mol. The van der Waals surface area contributed by atoms with Gasteiger partial charge in [0.1, 0.15) is 0 Å². The van der Waals surface area contributed by atoms with E-state index < -0.39 is 18.5 Å². The minimum atomic E-state index is -2.76. The average Bonchev–Trinajstić information content (AvgIpc) is 2.77. The molecule has 2 heterocycles. The van der Waals surface area contributed by atoms with Crippen LogP contribution >= 0.6 is 0 Å². The molecule has 7 heteroatoms. The van der Waals surface area contributed by atoms with Crippen LogP contribution in [0, 0.1) is 0 Å². The molecule has 2 atom stereocenters. The topological polar surface area (TPSA) is 44.8 Å². The van der Waals surface area contributed by atoms with Gasteiger partial charge in [0.25, 0.3) is 5.92 Å². The lowest BCUT2D eigenvalue weighted by atomic mass is 10.1. The number of amides is 1. The van der Waals surface area contributed by atoms with E-state index in [1.165, 1.54) is 0 Å². The molecular weight excluding hydrogens is 268 g/mol. The molecule has 1 amide bonds. The van der Waals surface area contributed by atoms with Gasteiger partial charge >= 0.3 is 0 Å². The van der Waals surface area contributed by atoms with Gasteiger partial charge in [0.05, 0.1) is 19.2 Å².